The number of nitrogens with zero attached hydrogens (tertiary/aromatic N) is 2. The first-order valence-electron chi connectivity index (χ1n) is 7.94. The van der Waals surface area contributed by atoms with E-state index < -0.39 is 5.37 Å². The molecule has 1 amide bonds. The van der Waals surface area contributed by atoms with Crippen LogP contribution in [-0.4, -0.2) is 28.0 Å². The van der Waals surface area contributed by atoms with Crippen LogP contribution in [0.5, 0.6) is 11.5 Å². The number of thiol groups is 1. The molecule has 26 heavy (non-hydrogen) atoms. The fraction of sp³-hybridized carbons (Fsp3) is 0.158. The van der Waals surface area contributed by atoms with E-state index in [2.05, 4.69) is 17.6 Å². The van der Waals surface area contributed by atoms with Crippen LogP contribution in [0.2, 0.25) is 0 Å². The first kappa shape index (κ1) is 16.7. The van der Waals surface area contributed by atoms with Crippen molar-refractivity contribution in [2.45, 2.75) is 11.9 Å². The van der Waals surface area contributed by atoms with Crippen molar-refractivity contribution in [2.75, 3.05) is 7.11 Å². The van der Waals surface area contributed by atoms with E-state index in [9.17, 15) is 14.3 Å². The molecule has 0 saturated heterocycles. The highest BCUT2D eigenvalue weighted by Gasteiger charge is 2.41. The lowest BCUT2D eigenvalue weighted by atomic mass is 10.0. The highest BCUT2D eigenvalue weighted by molar-refractivity contribution is 7.80. The number of aromatic hydroxyl groups is 1. The van der Waals surface area contributed by atoms with Gasteiger partial charge in [-0.25, -0.2) is 4.39 Å². The van der Waals surface area contributed by atoms with Gasteiger partial charge in [-0.2, -0.15) is 0 Å². The first-order chi connectivity index (χ1) is 12.5. The molecule has 1 aliphatic rings. The molecule has 0 spiro atoms. The number of carbonyl (C=O) groups is 1. The van der Waals surface area contributed by atoms with Crippen molar-refractivity contribution < 1.29 is 19.0 Å². The molecule has 1 aromatic heterocycles. The van der Waals surface area contributed by atoms with Gasteiger partial charge < -0.3 is 14.7 Å². The third kappa shape index (κ3) is 2.39. The van der Waals surface area contributed by atoms with Gasteiger partial charge in [0.05, 0.1) is 12.7 Å². The molecule has 0 bridgehead atoms. The molecule has 1 unspecified atom stereocenters. The van der Waals surface area contributed by atoms with Crippen molar-refractivity contribution in [3.8, 4) is 11.5 Å². The van der Waals surface area contributed by atoms with E-state index >= 15 is 0 Å². The predicted molar refractivity (Wildman–Crippen MR) is 98.0 cm³/mol. The lowest BCUT2D eigenvalue weighted by molar-refractivity contribution is 0.0760. The number of phenols is 1. The van der Waals surface area contributed by atoms with Crippen molar-refractivity contribution >= 4 is 29.4 Å². The Kier molecular flexibility index (Phi) is 3.96. The molecule has 1 aliphatic heterocycles. The number of ether oxygens (including phenoxy) is 1. The van der Waals surface area contributed by atoms with Gasteiger partial charge in [0.1, 0.15) is 22.5 Å². The summed E-state index contributed by atoms with van der Waals surface area (Å²) in [5.41, 5.74) is 1.73. The Bertz CT molecular complexity index is 1020. The van der Waals surface area contributed by atoms with E-state index in [0.717, 1.165) is 5.56 Å². The Morgan fingerprint density at radius 2 is 2.04 bits per heavy atom. The second-order valence-corrected chi connectivity index (χ2v) is 6.49. The topological polar surface area (TPSA) is 62.7 Å². The Morgan fingerprint density at radius 1 is 1.31 bits per heavy atom. The summed E-state index contributed by atoms with van der Waals surface area (Å²) >= 11 is 4.59. The SMILES string of the molecule is COc1c2c(c(O)c3ncccc13)C(=O)N(Cc1ccc(F)cc1)C2S. The van der Waals surface area contributed by atoms with E-state index in [-0.39, 0.29) is 29.6 Å². The number of hydrogen-bond donors (Lipinski definition) is 2. The fourth-order valence-corrected chi connectivity index (χ4v) is 3.75. The van der Waals surface area contributed by atoms with Crippen LogP contribution in [0, 0.1) is 5.82 Å². The van der Waals surface area contributed by atoms with Gasteiger partial charge in [0.25, 0.3) is 5.91 Å². The number of fused-ring (bicyclic) bond motifs is 2. The molecule has 0 radical (unpaired) electrons. The maximum atomic E-state index is 13.1. The van der Waals surface area contributed by atoms with Crippen LogP contribution in [-0.2, 0) is 6.54 Å². The van der Waals surface area contributed by atoms with Crippen LogP contribution in [0.1, 0.15) is 26.9 Å². The molecular weight excluding hydrogens is 355 g/mol. The van der Waals surface area contributed by atoms with Crippen molar-refractivity contribution in [1.29, 1.82) is 0 Å². The summed E-state index contributed by atoms with van der Waals surface area (Å²) in [4.78, 5) is 18.7. The fourth-order valence-electron chi connectivity index (χ4n) is 3.32. The minimum atomic E-state index is -0.604. The van der Waals surface area contributed by atoms with Crippen molar-refractivity contribution in [3.63, 3.8) is 0 Å². The molecule has 0 aliphatic carbocycles. The van der Waals surface area contributed by atoms with E-state index in [1.54, 1.807) is 30.5 Å². The van der Waals surface area contributed by atoms with Gasteiger partial charge in [-0.15, -0.1) is 12.6 Å². The monoisotopic (exact) mass is 370 g/mol. The number of pyridine rings is 1. The van der Waals surface area contributed by atoms with Crippen molar-refractivity contribution in [1.82, 2.24) is 9.88 Å². The number of methoxy groups -OCH3 is 1. The summed E-state index contributed by atoms with van der Waals surface area (Å²) < 4.78 is 18.7. The average Bonchev–Trinajstić information content (AvgIpc) is 2.89. The molecule has 132 valence electrons. The van der Waals surface area contributed by atoms with Crippen molar-refractivity contribution in [2.24, 2.45) is 0 Å². The van der Waals surface area contributed by atoms with Gasteiger partial charge in [0, 0.05) is 23.7 Å². The second-order valence-electron chi connectivity index (χ2n) is 6.00. The Morgan fingerprint density at radius 3 is 2.73 bits per heavy atom. The van der Waals surface area contributed by atoms with Crippen molar-refractivity contribution in [3.05, 3.63) is 65.1 Å². The van der Waals surface area contributed by atoms with Crippen LogP contribution >= 0.6 is 12.6 Å². The smallest absolute Gasteiger partial charge is 0.259 e. The Balaban J connectivity index is 1.85. The van der Waals surface area contributed by atoms with Crippen LogP contribution in [0.15, 0.2) is 42.6 Å². The molecule has 5 nitrogen and oxygen atoms in total. The van der Waals surface area contributed by atoms with Gasteiger partial charge in [-0.1, -0.05) is 12.1 Å². The lowest BCUT2D eigenvalue weighted by Crippen LogP contribution is -2.25. The maximum absolute atomic E-state index is 13.1. The minimum Gasteiger partial charge on any atom is -0.505 e. The van der Waals surface area contributed by atoms with Gasteiger partial charge in [0.2, 0.25) is 0 Å². The number of halogens is 1. The zero-order chi connectivity index (χ0) is 18.4. The van der Waals surface area contributed by atoms with Gasteiger partial charge >= 0.3 is 0 Å². The standard InChI is InChI=1S/C19H15FN2O3S/c1-25-17-12-3-2-8-21-15(12)16(23)13-14(17)19(26)22(18(13)24)9-10-4-6-11(20)7-5-10/h2-8,19,23,26H,9H2,1H3. The maximum Gasteiger partial charge on any atom is 0.259 e. The Hall–Kier alpha value is -2.80. The summed E-state index contributed by atoms with van der Waals surface area (Å²) in [6.45, 7) is 0.230. The predicted octanol–water partition coefficient (Wildman–Crippen LogP) is 3.67. The molecule has 0 fully saturated rings. The zero-order valence-corrected chi connectivity index (χ0v) is 14.7. The van der Waals surface area contributed by atoms with Crippen LogP contribution < -0.4 is 4.74 Å². The molecule has 7 heteroatoms. The number of phenolic OH excluding ortho intramolecular Hbond substituents is 1. The number of benzene rings is 2. The summed E-state index contributed by atoms with van der Waals surface area (Å²) in [5.74, 6) is -0.422. The molecule has 2 heterocycles. The van der Waals surface area contributed by atoms with Crippen LogP contribution in [0.3, 0.4) is 0 Å². The van der Waals surface area contributed by atoms with E-state index in [1.165, 1.54) is 24.1 Å². The number of rotatable bonds is 3. The molecule has 2 aromatic carbocycles. The minimum absolute atomic E-state index is 0.148. The van der Waals surface area contributed by atoms with E-state index in [4.69, 9.17) is 4.74 Å². The number of amides is 1. The third-order valence-electron chi connectivity index (χ3n) is 4.53. The van der Waals surface area contributed by atoms with Crippen LogP contribution in [0.4, 0.5) is 4.39 Å². The molecule has 0 saturated carbocycles. The highest BCUT2D eigenvalue weighted by atomic mass is 32.1. The molecular formula is C19H15FN2O3S. The molecule has 3 aromatic rings. The van der Waals surface area contributed by atoms with Crippen LogP contribution in [0.25, 0.3) is 10.9 Å². The first-order valence-corrected chi connectivity index (χ1v) is 8.45. The highest BCUT2D eigenvalue weighted by Crippen LogP contribution is 2.50. The molecule has 1 N–H and O–H groups in total. The number of aromatic nitrogens is 1. The van der Waals surface area contributed by atoms with E-state index in [1.807, 2.05) is 0 Å². The second kappa shape index (κ2) is 6.17. The quantitative estimate of drug-likeness (QED) is 0.691. The van der Waals surface area contributed by atoms with E-state index in [0.29, 0.717) is 22.2 Å². The summed E-state index contributed by atoms with van der Waals surface area (Å²) in [7, 11) is 1.51. The summed E-state index contributed by atoms with van der Waals surface area (Å²) in [6.07, 6.45) is 1.54. The zero-order valence-electron chi connectivity index (χ0n) is 13.8. The van der Waals surface area contributed by atoms with Gasteiger partial charge in [-0.3, -0.25) is 9.78 Å². The lowest BCUT2D eigenvalue weighted by Gasteiger charge is -2.22. The third-order valence-corrected chi connectivity index (χ3v) is 5.06. The Labute approximate surface area is 154 Å². The largest absolute Gasteiger partial charge is 0.505 e. The normalized spacial score (nSPS) is 16.2. The summed E-state index contributed by atoms with van der Waals surface area (Å²) in [5, 5.41) is 10.7. The summed E-state index contributed by atoms with van der Waals surface area (Å²) in [6, 6.07) is 9.41. The van der Waals surface area contributed by atoms with Gasteiger partial charge in [0.15, 0.2) is 5.75 Å². The average molecular weight is 370 g/mol. The molecule has 4 rings (SSSR count). The number of carbonyl (C=O) groups excluding carboxylic acids is 1. The number of hydrogen-bond acceptors (Lipinski definition) is 5. The van der Waals surface area contributed by atoms with Gasteiger partial charge in [-0.05, 0) is 29.8 Å². The molecule has 1 atom stereocenters.